The fourth-order valence-corrected chi connectivity index (χ4v) is 5.83. The number of likely N-dealkylation sites (tertiary alicyclic amines) is 1. The quantitative estimate of drug-likeness (QED) is 0.182. The number of aliphatic imine (C=N–C) groups is 1. The Kier molecular flexibility index (Phi) is 11.6. The number of carbonyl (C=O) groups excluding carboxylic acids is 2. The first-order valence-corrected chi connectivity index (χ1v) is 14.5. The van der Waals surface area contributed by atoms with Crippen LogP contribution in [0.25, 0.3) is 11.0 Å². The van der Waals surface area contributed by atoms with E-state index in [0.29, 0.717) is 36.0 Å². The van der Waals surface area contributed by atoms with Crippen LogP contribution in [-0.2, 0) is 9.59 Å². The molecule has 1 N–H and O–H groups in total. The molecule has 39 heavy (non-hydrogen) atoms. The van der Waals surface area contributed by atoms with Gasteiger partial charge >= 0.3 is 0 Å². The number of hydrogen-bond donors (Lipinski definition) is 1. The number of amides is 1. The van der Waals surface area contributed by atoms with Crippen molar-refractivity contribution in [2.45, 2.75) is 90.4 Å². The summed E-state index contributed by atoms with van der Waals surface area (Å²) in [5.74, 6) is 2.01. The van der Waals surface area contributed by atoms with Gasteiger partial charge in [-0.3, -0.25) is 14.6 Å². The average molecular weight is 537 g/mol. The van der Waals surface area contributed by atoms with Crippen LogP contribution in [0.4, 0.5) is 4.39 Å². The van der Waals surface area contributed by atoms with Gasteiger partial charge in [0.05, 0.1) is 5.52 Å². The van der Waals surface area contributed by atoms with Crippen LogP contribution < -0.4 is 0 Å². The number of halogens is 1. The molecule has 1 aromatic heterocycles. The number of rotatable bonds is 6. The number of carbonyl (C=O) groups is 2. The molecule has 1 aliphatic heterocycles. The van der Waals surface area contributed by atoms with E-state index in [4.69, 9.17) is 4.98 Å². The maximum Gasteiger partial charge on any atom is 0.219 e. The monoisotopic (exact) mass is 536 g/mol. The number of aromatic amines is 1. The molecule has 0 bridgehead atoms. The van der Waals surface area contributed by atoms with Crippen molar-refractivity contribution >= 4 is 28.9 Å². The first-order valence-electron chi connectivity index (χ1n) is 14.5. The highest BCUT2D eigenvalue weighted by molar-refractivity contribution is 6.13. The van der Waals surface area contributed by atoms with Crippen molar-refractivity contribution in [2.75, 3.05) is 20.1 Å². The van der Waals surface area contributed by atoms with Crippen molar-refractivity contribution in [3.05, 3.63) is 53.6 Å². The van der Waals surface area contributed by atoms with Gasteiger partial charge in [0.1, 0.15) is 11.3 Å². The van der Waals surface area contributed by atoms with Crippen molar-refractivity contribution in [3.8, 4) is 0 Å². The van der Waals surface area contributed by atoms with Crippen LogP contribution in [0.15, 0.2) is 41.4 Å². The highest BCUT2D eigenvalue weighted by Crippen LogP contribution is 2.36. The standard InChI is InChI=1S/C24H34FN3O.C8H11NO/c1-16(18-8-6-4-3-5-7-9-18)24-26-21-11-10-20(22(25)23(21)27-24)19-12-14-28(15-13-19)17(2)29;1-4-5-8(6-10)7(2)9-3/h10-11,16,18-19H,3-9,12-15H2,1-2H3,(H,26,27);4-6H,1H2,2-3H3/b;8-5-,9-7?. The number of H-pyrrole nitrogens is 1. The minimum Gasteiger partial charge on any atom is -0.343 e. The SMILES string of the molecule is C=C/C=C(/C=O)C(C)=NC.CC(=O)N1CCC(c2ccc3[nH]c(C(C)C4CCCCCCC4)nc3c2F)CC1. The molecule has 1 saturated carbocycles. The largest absolute Gasteiger partial charge is 0.343 e. The summed E-state index contributed by atoms with van der Waals surface area (Å²) in [6, 6.07) is 3.92. The number of aromatic nitrogens is 2. The van der Waals surface area contributed by atoms with Gasteiger partial charge in [-0.05, 0) is 56.1 Å². The van der Waals surface area contributed by atoms with E-state index in [-0.39, 0.29) is 17.6 Å². The lowest BCUT2D eigenvalue weighted by molar-refractivity contribution is -0.129. The summed E-state index contributed by atoms with van der Waals surface area (Å²) in [5, 5.41) is 0. The Balaban J connectivity index is 0.000000360. The van der Waals surface area contributed by atoms with Gasteiger partial charge in [0, 0.05) is 44.3 Å². The zero-order chi connectivity index (χ0) is 28.4. The predicted octanol–water partition coefficient (Wildman–Crippen LogP) is 7.28. The van der Waals surface area contributed by atoms with E-state index in [9.17, 15) is 9.59 Å². The Hall–Kier alpha value is -3.09. The maximum atomic E-state index is 15.4. The number of nitrogens with one attached hydrogen (secondary N) is 1. The third-order valence-electron chi connectivity index (χ3n) is 8.49. The van der Waals surface area contributed by atoms with Gasteiger partial charge in [-0.25, -0.2) is 9.37 Å². The minimum atomic E-state index is -0.170. The van der Waals surface area contributed by atoms with E-state index >= 15 is 4.39 Å². The number of nitrogens with zero attached hydrogens (tertiary/aromatic N) is 3. The van der Waals surface area contributed by atoms with Crippen molar-refractivity contribution in [1.82, 2.24) is 14.9 Å². The molecular formula is C32H45FN4O2. The van der Waals surface area contributed by atoms with Crippen molar-refractivity contribution in [2.24, 2.45) is 10.9 Å². The number of benzene rings is 1. The summed E-state index contributed by atoms with van der Waals surface area (Å²) >= 11 is 0. The van der Waals surface area contributed by atoms with E-state index in [1.807, 2.05) is 17.0 Å². The molecule has 0 spiro atoms. The topological polar surface area (TPSA) is 78.4 Å². The summed E-state index contributed by atoms with van der Waals surface area (Å²) in [5.41, 5.74) is 3.37. The predicted molar refractivity (Wildman–Crippen MR) is 158 cm³/mol. The molecule has 1 amide bonds. The van der Waals surface area contributed by atoms with Crippen molar-refractivity contribution in [1.29, 1.82) is 0 Å². The molecule has 4 rings (SSSR count). The summed E-state index contributed by atoms with van der Waals surface area (Å²) in [6.07, 6.45) is 14.7. The fourth-order valence-electron chi connectivity index (χ4n) is 5.83. The van der Waals surface area contributed by atoms with Crippen LogP contribution >= 0.6 is 0 Å². The Bertz CT molecular complexity index is 1180. The summed E-state index contributed by atoms with van der Waals surface area (Å²) in [7, 11) is 1.65. The Morgan fingerprint density at radius 1 is 1.13 bits per heavy atom. The van der Waals surface area contributed by atoms with E-state index in [2.05, 4.69) is 23.5 Å². The van der Waals surface area contributed by atoms with Gasteiger partial charge in [-0.15, -0.1) is 0 Å². The minimum absolute atomic E-state index is 0.111. The molecule has 1 atom stereocenters. The summed E-state index contributed by atoms with van der Waals surface area (Å²) in [6.45, 7) is 10.5. The fraction of sp³-hybridized carbons (Fsp3) is 0.562. The van der Waals surface area contributed by atoms with Crippen LogP contribution in [-0.4, -0.2) is 52.9 Å². The second kappa shape index (κ2) is 14.9. The molecule has 1 unspecified atom stereocenters. The molecule has 0 radical (unpaired) electrons. The molecule has 2 aliphatic rings. The van der Waals surface area contributed by atoms with Gasteiger partial charge in [-0.2, -0.15) is 0 Å². The second-order valence-electron chi connectivity index (χ2n) is 10.9. The zero-order valence-corrected chi connectivity index (χ0v) is 24.1. The Labute approximate surface area is 232 Å². The number of hydrogen-bond acceptors (Lipinski definition) is 4. The average Bonchev–Trinajstić information content (AvgIpc) is 3.37. The Morgan fingerprint density at radius 3 is 2.33 bits per heavy atom. The first kappa shape index (κ1) is 30.5. The van der Waals surface area contributed by atoms with Crippen molar-refractivity contribution in [3.63, 3.8) is 0 Å². The van der Waals surface area contributed by atoms with Crippen LogP contribution in [0.2, 0.25) is 0 Å². The van der Waals surface area contributed by atoms with Gasteiger partial charge in [0.15, 0.2) is 12.1 Å². The summed E-state index contributed by atoms with van der Waals surface area (Å²) < 4.78 is 15.4. The third kappa shape index (κ3) is 7.96. The number of piperidine rings is 1. The van der Waals surface area contributed by atoms with Crippen LogP contribution in [0.3, 0.4) is 0 Å². The smallest absolute Gasteiger partial charge is 0.219 e. The van der Waals surface area contributed by atoms with E-state index in [1.165, 1.54) is 44.9 Å². The van der Waals surface area contributed by atoms with Crippen molar-refractivity contribution < 1.29 is 14.0 Å². The number of aldehydes is 1. The second-order valence-corrected chi connectivity index (χ2v) is 10.9. The molecule has 1 saturated heterocycles. The van der Waals surface area contributed by atoms with Crippen LogP contribution in [0.1, 0.15) is 102 Å². The Morgan fingerprint density at radius 2 is 1.77 bits per heavy atom. The molecule has 1 aromatic carbocycles. The third-order valence-corrected chi connectivity index (χ3v) is 8.49. The molecule has 7 heteroatoms. The van der Waals surface area contributed by atoms with Crippen LogP contribution in [0, 0.1) is 11.7 Å². The lowest BCUT2D eigenvalue weighted by Gasteiger charge is -2.31. The number of imidazole rings is 1. The van der Waals surface area contributed by atoms with E-state index in [0.717, 1.165) is 41.7 Å². The van der Waals surface area contributed by atoms with E-state index < -0.39 is 0 Å². The normalized spacial score (nSPS) is 19.1. The highest BCUT2D eigenvalue weighted by Gasteiger charge is 2.27. The van der Waals surface area contributed by atoms with E-state index in [1.54, 1.807) is 33.0 Å². The summed E-state index contributed by atoms with van der Waals surface area (Å²) in [4.78, 5) is 35.7. The van der Waals surface area contributed by atoms with Gasteiger partial charge in [-0.1, -0.05) is 63.8 Å². The molecule has 212 valence electrons. The molecule has 2 fully saturated rings. The lowest BCUT2D eigenvalue weighted by atomic mass is 9.82. The zero-order valence-electron chi connectivity index (χ0n) is 24.1. The van der Waals surface area contributed by atoms with Gasteiger partial charge in [0.25, 0.3) is 0 Å². The van der Waals surface area contributed by atoms with Gasteiger partial charge in [0.2, 0.25) is 5.91 Å². The molecular weight excluding hydrogens is 491 g/mol. The van der Waals surface area contributed by atoms with Gasteiger partial charge < -0.3 is 9.88 Å². The molecule has 6 nitrogen and oxygen atoms in total. The highest BCUT2D eigenvalue weighted by atomic mass is 19.1. The lowest BCUT2D eigenvalue weighted by Crippen LogP contribution is -2.36. The molecule has 2 heterocycles. The number of allylic oxidation sites excluding steroid dienone is 3. The maximum absolute atomic E-state index is 15.4. The molecule has 1 aliphatic carbocycles. The molecule has 2 aromatic rings. The van der Waals surface area contributed by atoms with Crippen LogP contribution in [0.5, 0.6) is 0 Å². The number of fused-ring (bicyclic) bond motifs is 1. The first-order chi connectivity index (χ1) is 18.8.